The maximum atomic E-state index is 5.97. The van der Waals surface area contributed by atoms with Crippen molar-refractivity contribution in [2.45, 2.75) is 13.2 Å². The Bertz CT molecular complexity index is 969. The second kappa shape index (κ2) is 10.8. The van der Waals surface area contributed by atoms with E-state index in [1.165, 1.54) is 0 Å². The number of methoxy groups -OCH3 is 1. The van der Waals surface area contributed by atoms with E-state index in [2.05, 4.69) is 58.3 Å². The molecular formula is C22H19Br3N2O2. The number of nitrogens with one attached hydrogen (secondary N) is 1. The average Bonchev–Trinajstić information content (AvgIpc) is 2.72. The summed E-state index contributed by atoms with van der Waals surface area (Å²) < 4.78 is 14.1. The van der Waals surface area contributed by atoms with Crippen LogP contribution >= 0.6 is 47.8 Å². The average molecular weight is 583 g/mol. The minimum absolute atomic E-state index is 0.485. The van der Waals surface area contributed by atoms with Crippen LogP contribution in [0.5, 0.6) is 11.5 Å². The number of hydrogen-bond acceptors (Lipinski definition) is 4. The molecule has 7 heteroatoms. The molecular weight excluding hydrogens is 564 g/mol. The van der Waals surface area contributed by atoms with E-state index in [0.29, 0.717) is 13.2 Å². The predicted octanol–water partition coefficient (Wildman–Crippen LogP) is 6.69. The van der Waals surface area contributed by atoms with Crippen molar-refractivity contribution in [3.8, 4) is 11.5 Å². The number of para-hydroxylation sites is 1. The predicted molar refractivity (Wildman–Crippen MR) is 128 cm³/mol. The fraction of sp³-hybridized carbons (Fsp3) is 0.136. The van der Waals surface area contributed by atoms with E-state index < -0.39 is 0 Å². The third-order valence-corrected chi connectivity index (χ3v) is 5.79. The zero-order valence-electron chi connectivity index (χ0n) is 15.7. The van der Waals surface area contributed by atoms with Gasteiger partial charge in [-0.25, -0.2) is 0 Å². The third-order valence-electron chi connectivity index (χ3n) is 4.08. The first kappa shape index (κ1) is 21.9. The fourth-order valence-electron chi connectivity index (χ4n) is 2.63. The standard InChI is InChI=1S/C22H19Br3N2O2/c1-28-21-5-3-2-4-17(21)13-27-26-12-16-10-19(24)22(20(25)11-16)29-14-15-6-8-18(23)9-7-15/h2-12,27H,13-14H2,1H3/b26-12-. The molecule has 0 atom stereocenters. The topological polar surface area (TPSA) is 42.8 Å². The first-order chi connectivity index (χ1) is 14.1. The Morgan fingerprint density at radius 2 is 1.66 bits per heavy atom. The quantitative estimate of drug-likeness (QED) is 0.238. The molecule has 0 unspecified atom stereocenters. The maximum absolute atomic E-state index is 5.97. The van der Waals surface area contributed by atoms with Crippen molar-refractivity contribution >= 4 is 54.0 Å². The van der Waals surface area contributed by atoms with Crippen molar-refractivity contribution in [1.29, 1.82) is 0 Å². The van der Waals surface area contributed by atoms with Crippen LogP contribution in [0.4, 0.5) is 0 Å². The summed E-state index contributed by atoms with van der Waals surface area (Å²) in [6.07, 6.45) is 1.77. The Hall–Kier alpha value is -1.83. The Balaban J connectivity index is 1.61. The lowest BCUT2D eigenvalue weighted by Crippen LogP contribution is -2.07. The normalized spacial score (nSPS) is 10.9. The van der Waals surface area contributed by atoms with Gasteiger partial charge in [0.05, 0.1) is 28.8 Å². The summed E-state index contributed by atoms with van der Waals surface area (Å²) in [5.41, 5.74) is 6.13. The lowest BCUT2D eigenvalue weighted by atomic mass is 10.2. The van der Waals surface area contributed by atoms with Gasteiger partial charge in [0.15, 0.2) is 0 Å². The number of nitrogens with zero attached hydrogens (tertiary/aromatic N) is 1. The van der Waals surface area contributed by atoms with Gasteiger partial charge in [0.2, 0.25) is 0 Å². The highest BCUT2D eigenvalue weighted by molar-refractivity contribution is 9.11. The molecule has 0 spiro atoms. The molecule has 3 aromatic carbocycles. The molecule has 29 heavy (non-hydrogen) atoms. The Kier molecular flexibility index (Phi) is 8.15. The number of hydrazone groups is 1. The van der Waals surface area contributed by atoms with Crippen LogP contribution in [0.25, 0.3) is 0 Å². The molecule has 1 N–H and O–H groups in total. The van der Waals surface area contributed by atoms with Crippen LogP contribution < -0.4 is 14.9 Å². The van der Waals surface area contributed by atoms with E-state index in [1.807, 2.05) is 60.7 Å². The van der Waals surface area contributed by atoms with Crippen molar-refractivity contribution < 1.29 is 9.47 Å². The van der Waals surface area contributed by atoms with Gasteiger partial charge in [0.25, 0.3) is 0 Å². The van der Waals surface area contributed by atoms with Gasteiger partial charge in [0, 0.05) is 10.0 Å². The Morgan fingerprint density at radius 3 is 2.34 bits per heavy atom. The molecule has 0 fully saturated rings. The molecule has 0 saturated heterocycles. The molecule has 0 aliphatic rings. The van der Waals surface area contributed by atoms with Crippen LogP contribution in [0.15, 0.2) is 79.2 Å². The molecule has 0 aliphatic heterocycles. The first-order valence-corrected chi connectivity index (χ1v) is 11.2. The van der Waals surface area contributed by atoms with E-state index >= 15 is 0 Å². The number of halogens is 3. The van der Waals surface area contributed by atoms with Gasteiger partial charge in [-0.3, -0.25) is 0 Å². The van der Waals surface area contributed by atoms with Crippen molar-refractivity contribution in [3.63, 3.8) is 0 Å². The van der Waals surface area contributed by atoms with Crippen LogP contribution in [-0.4, -0.2) is 13.3 Å². The smallest absolute Gasteiger partial charge is 0.148 e. The lowest BCUT2D eigenvalue weighted by Gasteiger charge is -2.11. The van der Waals surface area contributed by atoms with E-state index in [-0.39, 0.29) is 0 Å². The monoisotopic (exact) mass is 580 g/mol. The molecule has 0 amide bonds. The summed E-state index contributed by atoms with van der Waals surface area (Å²) in [4.78, 5) is 0. The van der Waals surface area contributed by atoms with E-state index in [1.54, 1.807) is 13.3 Å². The summed E-state index contributed by atoms with van der Waals surface area (Å²) in [6, 6.07) is 19.9. The second-order valence-electron chi connectivity index (χ2n) is 6.13. The maximum Gasteiger partial charge on any atom is 0.148 e. The van der Waals surface area contributed by atoms with Gasteiger partial charge in [-0.05, 0) is 73.3 Å². The SMILES string of the molecule is COc1ccccc1CN/N=C\c1cc(Br)c(OCc2ccc(Br)cc2)c(Br)c1. The largest absolute Gasteiger partial charge is 0.496 e. The molecule has 150 valence electrons. The molecule has 3 rings (SSSR count). The number of benzene rings is 3. The van der Waals surface area contributed by atoms with Crippen LogP contribution in [0.2, 0.25) is 0 Å². The van der Waals surface area contributed by atoms with Crippen LogP contribution in [0, 0.1) is 0 Å². The molecule has 0 heterocycles. The van der Waals surface area contributed by atoms with E-state index in [9.17, 15) is 0 Å². The molecule has 0 bridgehead atoms. The molecule has 4 nitrogen and oxygen atoms in total. The first-order valence-electron chi connectivity index (χ1n) is 8.81. The van der Waals surface area contributed by atoms with Crippen molar-refractivity contribution in [1.82, 2.24) is 5.43 Å². The van der Waals surface area contributed by atoms with E-state index in [0.717, 1.165) is 41.6 Å². The number of hydrogen-bond donors (Lipinski definition) is 1. The summed E-state index contributed by atoms with van der Waals surface area (Å²) >= 11 is 10.6. The highest BCUT2D eigenvalue weighted by Crippen LogP contribution is 2.35. The van der Waals surface area contributed by atoms with Crippen LogP contribution in [-0.2, 0) is 13.2 Å². The zero-order chi connectivity index (χ0) is 20.6. The minimum Gasteiger partial charge on any atom is -0.496 e. The molecule has 0 aliphatic carbocycles. The van der Waals surface area contributed by atoms with Crippen molar-refractivity contribution in [2.75, 3.05) is 7.11 Å². The van der Waals surface area contributed by atoms with Gasteiger partial charge in [-0.1, -0.05) is 46.3 Å². The number of ether oxygens (including phenoxy) is 2. The number of rotatable bonds is 8. The fourth-order valence-corrected chi connectivity index (χ4v) is 4.34. The molecule has 0 aromatic heterocycles. The van der Waals surface area contributed by atoms with Gasteiger partial charge in [0.1, 0.15) is 18.1 Å². The second-order valence-corrected chi connectivity index (χ2v) is 8.76. The molecule has 3 aromatic rings. The van der Waals surface area contributed by atoms with Crippen molar-refractivity contribution in [2.24, 2.45) is 5.10 Å². The van der Waals surface area contributed by atoms with Crippen molar-refractivity contribution in [3.05, 3.63) is 90.8 Å². The highest BCUT2D eigenvalue weighted by atomic mass is 79.9. The van der Waals surface area contributed by atoms with Gasteiger partial charge in [-0.2, -0.15) is 5.10 Å². The van der Waals surface area contributed by atoms with E-state index in [4.69, 9.17) is 9.47 Å². The Labute approximate surface area is 195 Å². The summed E-state index contributed by atoms with van der Waals surface area (Å²) in [6.45, 7) is 1.07. The van der Waals surface area contributed by atoms with Gasteiger partial charge in [-0.15, -0.1) is 0 Å². The summed E-state index contributed by atoms with van der Waals surface area (Å²) in [7, 11) is 1.66. The summed E-state index contributed by atoms with van der Waals surface area (Å²) in [5, 5.41) is 4.31. The zero-order valence-corrected chi connectivity index (χ0v) is 20.4. The van der Waals surface area contributed by atoms with Crippen LogP contribution in [0.3, 0.4) is 0 Å². The Morgan fingerprint density at radius 1 is 0.966 bits per heavy atom. The minimum atomic E-state index is 0.485. The van der Waals surface area contributed by atoms with Gasteiger partial charge >= 0.3 is 0 Å². The third kappa shape index (κ3) is 6.32. The van der Waals surface area contributed by atoms with Crippen LogP contribution in [0.1, 0.15) is 16.7 Å². The summed E-state index contributed by atoms with van der Waals surface area (Å²) in [5.74, 6) is 1.60. The molecule has 0 radical (unpaired) electrons. The lowest BCUT2D eigenvalue weighted by molar-refractivity contribution is 0.302. The molecule has 0 saturated carbocycles. The van der Waals surface area contributed by atoms with Gasteiger partial charge < -0.3 is 14.9 Å². The highest BCUT2D eigenvalue weighted by Gasteiger charge is 2.09.